The predicted molar refractivity (Wildman–Crippen MR) is 112 cm³/mol. The fourth-order valence-corrected chi connectivity index (χ4v) is 3.64. The number of rotatable bonds is 6. The van der Waals surface area contributed by atoms with Crippen LogP contribution < -0.4 is 5.32 Å². The first-order valence-corrected chi connectivity index (χ1v) is 9.49. The molecule has 1 amide bonds. The third-order valence-corrected chi connectivity index (χ3v) is 5.07. The van der Waals surface area contributed by atoms with Crippen molar-refractivity contribution >= 4 is 16.8 Å². The fraction of sp³-hybridized carbons (Fsp3) is 0.167. The zero-order valence-corrected chi connectivity index (χ0v) is 15.9. The second-order valence-corrected chi connectivity index (χ2v) is 7.09. The van der Waals surface area contributed by atoms with Gasteiger partial charge in [-0.05, 0) is 41.8 Å². The Bertz CT molecular complexity index is 1090. The maximum absolute atomic E-state index is 12.8. The Hall–Kier alpha value is -3.40. The van der Waals surface area contributed by atoms with Crippen molar-refractivity contribution in [3.8, 4) is 0 Å². The molecule has 0 aliphatic carbocycles. The van der Waals surface area contributed by atoms with Crippen molar-refractivity contribution in [3.63, 3.8) is 0 Å². The van der Waals surface area contributed by atoms with Crippen molar-refractivity contribution in [2.75, 3.05) is 0 Å². The lowest BCUT2D eigenvalue weighted by Crippen LogP contribution is -2.25. The summed E-state index contributed by atoms with van der Waals surface area (Å²) in [7, 11) is 0. The molecule has 1 unspecified atom stereocenters. The summed E-state index contributed by atoms with van der Waals surface area (Å²) in [5.41, 5.74) is 5.64. The number of nitrogens with one attached hydrogen (secondary N) is 2. The molecule has 0 aliphatic rings. The van der Waals surface area contributed by atoms with Gasteiger partial charge in [-0.1, -0.05) is 48.0 Å². The van der Waals surface area contributed by atoms with E-state index in [0.29, 0.717) is 13.0 Å². The molecule has 0 spiro atoms. The van der Waals surface area contributed by atoms with Crippen LogP contribution in [0.2, 0.25) is 0 Å². The molecule has 0 bridgehead atoms. The van der Waals surface area contributed by atoms with Gasteiger partial charge in [-0.25, -0.2) is 0 Å². The van der Waals surface area contributed by atoms with Crippen LogP contribution in [-0.2, 0) is 11.3 Å². The molecule has 2 aromatic carbocycles. The zero-order chi connectivity index (χ0) is 19.3. The van der Waals surface area contributed by atoms with E-state index in [-0.39, 0.29) is 11.8 Å². The lowest BCUT2D eigenvalue weighted by molar-refractivity contribution is -0.121. The number of aryl methyl sites for hydroxylation is 1. The van der Waals surface area contributed by atoms with Crippen LogP contribution in [0, 0.1) is 6.92 Å². The van der Waals surface area contributed by atoms with Gasteiger partial charge in [-0.3, -0.25) is 9.78 Å². The molecule has 4 heteroatoms. The van der Waals surface area contributed by atoms with E-state index in [1.807, 2.05) is 30.5 Å². The number of fused-ring (bicyclic) bond motifs is 1. The van der Waals surface area contributed by atoms with Gasteiger partial charge in [-0.15, -0.1) is 0 Å². The number of hydrogen-bond acceptors (Lipinski definition) is 2. The number of pyridine rings is 1. The highest BCUT2D eigenvalue weighted by molar-refractivity contribution is 5.86. The molecule has 2 aromatic heterocycles. The number of aromatic amines is 1. The number of carbonyl (C=O) groups excluding carboxylic acids is 1. The van der Waals surface area contributed by atoms with Crippen molar-refractivity contribution in [3.05, 3.63) is 102 Å². The number of nitrogens with zero attached hydrogens (tertiary/aromatic N) is 1. The molecule has 0 saturated carbocycles. The summed E-state index contributed by atoms with van der Waals surface area (Å²) in [6.45, 7) is 2.59. The monoisotopic (exact) mass is 369 g/mol. The predicted octanol–water partition coefficient (Wildman–Crippen LogP) is 4.71. The molecule has 0 radical (unpaired) electrons. The summed E-state index contributed by atoms with van der Waals surface area (Å²) in [6.07, 6.45) is 5.91. The Balaban J connectivity index is 1.61. The summed E-state index contributed by atoms with van der Waals surface area (Å²) in [5, 5.41) is 4.21. The van der Waals surface area contributed by atoms with Gasteiger partial charge in [0.25, 0.3) is 0 Å². The van der Waals surface area contributed by atoms with E-state index in [1.54, 1.807) is 12.4 Å². The Kier molecular flexibility index (Phi) is 5.20. The average molecular weight is 369 g/mol. The molecular weight excluding hydrogens is 346 g/mol. The maximum Gasteiger partial charge on any atom is 0.221 e. The number of benzene rings is 2. The van der Waals surface area contributed by atoms with Gasteiger partial charge in [0.2, 0.25) is 5.91 Å². The fourth-order valence-electron chi connectivity index (χ4n) is 3.64. The normalized spacial score (nSPS) is 12.0. The van der Waals surface area contributed by atoms with Crippen LogP contribution >= 0.6 is 0 Å². The number of hydrogen-bond donors (Lipinski definition) is 2. The smallest absolute Gasteiger partial charge is 0.221 e. The van der Waals surface area contributed by atoms with Crippen LogP contribution in [0.4, 0.5) is 0 Å². The molecular formula is C24H23N3O. The van der Waals surface area contributed by atoms with Crippen LogP contribution in [0.5, 0.6) is 0 Å². The summed E-state index contributed by atoms with van der Waals surface area (Å²) in [4.78, 5) is 20.1. The molecule has 0 fully saturated rings. The van der Waals surface area contributed by atoms with Gasteiger partial charge in [0.15, 0.2) is 0 Å². The van der Waals surface area contributed by atoms with E-state index in [0.717, 1.165) is 27.6 Å². The number of H-pyrrole nitrogens is 1. The second kappa shape index (κ2) is 8.09. The quantitative estimate of drug-likeness (QED) is 0.517. The van der Waals surface area contributed by atoms with Gasteiger partial charge in [-0.2, -0.15) is 0 Å². The van der Waals surface area contributed by atoms with E-state index in [4.69, 9.17) is 0 Å². The Morgan fingerprint density at radius 3 is 2.71 bits per heavy atom. The van der Waals surface area contributed by atoms with E-state index in [1.165, 1.54) is 5.56 Å². The number of para-hydroxylation sites is 1. The minimum atomic E-state index is -0.00603. The number of aromatic nitrogens is 2. The summed E-state index contributed by atoms with van der Waals surface area (Å²) >= 11 is 0. The Morgan fingerprint density at radius 2 is 1.89 bits per heavy atom. The molecule has 140 valence electrons. The molecule has 28 heavy (non-hydrogen) atoms. The highest BCUT2D eigenvalue weighted by atomic mass is 16.1. The molecule has 2 heterocycles. The van der Waals surface area contributed by atoms with Crippen LogP contribution in [0.3, 0.4) is 0 Å². The van der Waals surface area contributed by atoms with E-state index < -0.39 is 0 Å². The third kappa shape index (κ3) is 3.96. The summed E-state index contributed by atoms with van der Waals surface area (Å²) in [5.74, 6) is 0.0297. The highest BCUT2D eigenvalue weighted by Crippen LogP contribution is 2.33. The highest BCUT2D eigenvalue weighted by Gasteiger charge is 2.21. The van der Waals surface area contributed by atoms with Crippen molar-refractivity contribution in [2.24, 2.45) is 0 Å². The van der Waals surface area contributed by atoms with Crippen molar-refractivity contribution in [2.45, 2.75) is 25.8 Å². The lowest BCUT2D eigenvalue weighted by atomic mass is 9.87. The lowest BCUT2D eigenvalue weighted by Gasteiger charge is -2.18. The summed E-state index contributed by atoms with van der Waals surface area (Å²) < 4.78 is 0. The van der Waals surface area contributed by atoms with E-state index >= 15 is 0 Å². The summed E-state index contributed by atoms with van der Waals surface area (Å²) in [6, 6.07) is 20.5. The molecule has 4 aromatic rings. The average Bonchev–Trinajstić information content (AvgIpc) is 3.15. The topological polar surface area (TPSA) is 57.8 Å². The van der Waals surface area contributed by atoms with Crippen LogP contribution in [0.15, 0.2) is 79.3 Å². The minimum absolute atomic E-state index is 0.00603. The third-order valence-electron chi connectivity index (χ3n) is 5.07. The van der Waals surface area contributed by atoms with Crippen molar-refractivity contribution in [1.29, 1.82) is 0 Å². The van der Waals surface area contributed by atoms with Crippen LogP contribution in [0.25, 0.3) is 10.9 Å². The molecule has 0 saturated heterocycles. The van der Waals surface area contributed by atoms with Gasteiger partial charge >= 0.3 is 0 Å². The van der Waals surface area contributed by atoms with Crippen LogP contribution in [0.1, 0.15) is 34.6 Å². The first-order chi connectivity index (χ1) is 13.7. The Morgan fingerprint density at radius 1 is 1.07 bits per heavy atom. The largest absolute Gasteiger partial charge is 0.361 e. The van der Waals surface area contributed by atoms with Crippen molar-refractivity contribution in [1.82, 2.24) is 15.3 Å². The van der Waals surface area contributed by atoms with Gasteiger partial charge in [0.05, 0.1) is 0 Å². The van der Waals surface area contributed by atoms with Gasteiger partial charge in [0.1, 0.15) is 0 Å². The standard InChI is InChI=1S/C24H23N3O/c1-17-5-4-6-19(13-17)21(22-16-26-23-8-3-2-7-20(22)23)14-24(28)27-15-18-9-11-25-12-10-18/h2-13,16,21,26H,14-15H2,1H3,(H,27,28). The molecule has 2 N–H and O–H groups in total. The van der Waals surface area contributed by atoms with E-state index in [2.05, 4.69) is 58.6 Å². The first-order valence-electron chi connectivity index (χ1n) is 9.49. The molecule has 4 rings (SSSR count). The molecule has 0 aliphatic heterocycles. The maximum atomic E-state index is 12.8. The van der Waals surface area contributed by atoms with Gasteiger partial charge < -0.3 is 10.3 Å². The SMILES string of the molecule is Cc1cccc(C(CC(=O)NCc2ccncc2)c2c[nH]c3ccccc23)c1. The van der Waals surface area contributed by atoms with Crippen molar-refractivity contribution < 1.29 is 4.79 Å². The second-order valence-electron chi connectivity index (χ2n) is 7.09. The van der Waals surface area contributed by atoms with E-state index in [9.17, 15) is 4.79 Å². The minimum Gasteiger partial charge on any atom is -0.361 e. The van der Waals surface area contributed by atoms with Crippen LogP contribution in [-0.4, -0.2) is 15.9 Å². The molecule has 1 atom stereocenters. The number of amides is 1. The molecule has 4 nitrogen and oxygen atoms in total. The van der Waals surface area contributed by atoms with Gasteiger partial charge in [0, 0.05) is 48.4 Å². The zero-order valence-electron chi connectivity index (χ0n) is 15.9. The number of carbonyl (C=O) groups is 1. The Labute approximate surface area is 164 Å². The first kappa shape index (κ1) is 18.0.